The molecular weight excluding hydrogens is 294 g/mol. The van der Waals surface area contributed by atoms with Crippen molar-refractivity contribution in [2.45, 2.75) is 38.5 Å². The van der Waals surface area contributed by atoms with Gasteiger partial charge in [0.2, 0.25) is 6.79 Å². The molecule has 2 aliphatic rings. The molecule has 23 heavy (non-hydrogen) atoms. The number of carbonyl (C=O) groups is 1. The van der Waals surface area contributed by atoms with Crippen LogP contribution in [0.1, 0.15) is 48.9 Å². The Kier molecular flexibility index (Phi) is 5.39. The first-order chi connectivity index (χ1) is 11.3. The third-order valence-corrected chi connectivity index (χ3v) is 4.84. The maximum absolute atomic E-state index is 12.3. The largest absolute Gasteiger partial charge is 0.454 e. The Labute approximate surface area is 137 Å². The van der Waals surface area contributed by atoms with Crippen molar-refractivity contribution >= 4 is 5.91 Å². The van der Waals surface area contributed by atoms with E-state index in [4.69, 9.17) is 9.47 Å². The van der Waals surface area contributed by atoms with Gasteiger partial charge < -0.3 is 19.9 Å². The van der Waals surface area contributed by atoms with Gasteiger partial charge in [-0.15, -0.1) is 0 Å². The predicted octanol–water partition coefficient (Wildman–Crippen LogP) is 2.72. The number of hydrogen-bond acceptors (Lipinski definition) is 4. The van der Waals surface area contributed by atoms with Gasteiger partial charge in [-0.3, -0.25) is 4.79 Å². The van der Waals surface area contributed by atoms with E-state index in [9.17, 15) is 9.90 Å². The molecule has 1 fully saturated rings. The number of aliphatic hydroxyl groups is 1. The number of carbonyl (C=O) groups excluding carboxylic acids is 1. The SMILES string of the molecule is O=C(NC[C@@H](CO)CC1CCCCC1)c1ccc2c(c1)OCO2. The van der Waals surface area contributed by atoms with Gasteiger partial charge in [-0.05, 0) is 36.5 Å². The highest BCUT2D eigenvalue weighted by molar-refractivity contribution is 5.94. The molecular formula is C18H25NO4. The van der Waals surface area contributed by atoms with Gasteiger partial charge in [0.15, 0.2) is 11.5 Å². The van der Waals surface area contributed by atoms with Crippen LogP contribution in [0.3, 0.4) is 0 Å². The van der Waals surface area contributed by atoms with Crippen LogP contribution in [0.15, 0.2) is 18.2 Å². The van der Waals surface area contributed by atoms with Crippen LogP contribution in [0.2, 0.25) is 0 Å². The average molecular weight is 319 g/mol. The highest BCUT2D eigenvalue weighted by atomic mass is 16.7. The summed E-state index contributed by atoms with van der Waals surface area (Å²) >= 11 is 0. The van der Waals surface area contributed by atoms with Crippen molar-refractivity contribution in [3.05, 3.63) is 23.8 Å². The number of hydrogen-bond donors (Lipinski definition) is 2. The van der Waals surface area contributed by atoms with E-state index in [2.05, 4.69) is 5.32 Å². The van der Waals surface area contributed by atoms with E-state index in [0.717, 1.165) is 6.42 Å². The smallest absolute Gasteiger partial charge is 0.251 e. The van der Waals surface area contributed by atoms with Gasteiger partial charge in [0.1, 0.15) is 0 Å². The predicted molar refractivity (Wildman–Crippen MR) is 86.7 cm³/mol. The number of aliphatic hydroxyl groups excluding tert-OH is 1. The van der Waals surface area contributed by atoms with Crippen molar-refractivity contribution < 1.29 is 19.4 Å². The summed E-state index contributed by atoms with van der Waals surface area (Å²) in [6, 6.07) is 5.19. The fourth-order valence-electron chi connectivity index (χ4n) is 3.49. The van der Waals surface area contributed by atoms with E-state index >= 15 is 0 Å². The summed E-state index contributed by atoms with van der Waals surface area (Å²) in [5, 5.41) is 12.5. The molecule has 0 aromatic heterocycles. The van der Waals surface area contributed by atoms with Crippen LogP contribution >= 0.6 is 0 Å². The third-order valence-electron chi connectivity index (χ3n) is 4.84. The lowest BCUT2D eigenvalue weighted by Crippen LogP contribution is -2.32. The Bertz CT molecular complexity index is 540. The number of benzene rings is 1. The summed E-state index contributed by atoms with van der Waals surface area (Å²) in [5.41, 5.74) is 0.559. The number of rotatable bonds is 6. The van der Waals surface area contributed by atoms with Crippen LogP contribution in [0.25, 0.3) is 0 Å². The highest BCUT2D eigenvalue weighted by Crippen LogP contribution is 2.32. The van der Waals surface area contributed by atoms with Crippen molar-refractivity contribution in [1.82, 2.24) is 5.32 Å². The van der Waals surface area contributed by atoms with Gasteiger partial charge in [-0.25, -0.2) is 0 Å². The van der Waals surface area contributed by atoms with Crippen molar-refractivity contribution in [1.29, 1.82) is 0 Å². The first-order valence-corrected chi connectivity index (χ1v) is 8.55. The van der Waals surface area contributed by atoms with E-state index in [1.807, 2.05) is 0 Å². The van der Waals surface area contributed by atoms with Crippen molar-refractivity contribution in [2.75, 3.05) is 19.9 Å². The minimum absolute atomic E-state index is 0.123. The number of ether oxygens (including phenoxy) is 2. The average Bonchev–Trinajstić information content (AvgIpc) is 3.06. The molecule has 5 heteroatoms. The first-order valence-electron chi connectivity index (χ1n) is 8.55. The van der Waals surface area contributed by atoms with Crippen LogP contribution in [0.5, 0.6) is 11.5 Å². The molecule has 1 saturated carbocycles. The maximum atomic E-state index is 12.3. The van der Waals surface area contributed by atoms with Gasteiger partial charge in [-0.1, -0.05) is 32.1 Å². The maximum Gasteiger partial charge on any atom is 0.251 e. The van der Waals surface area contributed by atoms with Crippen LogP contribution in [0, 0.1) is 11.8 Å². The molecule has 2 N–H and O–H groups in total. The monoisotopic (exact) mass is 319 g/mol. The molecule has 0 saturated heterocycles. The number of amides is 1. The van der Waals surface area contributed by atoms with Crippen molar-refractivity contribution in [3.63, 3.8) is 0 Å². The highest BCUT2D eigenvalue weighted by Gasteiger charge is 2.20. The summed E-state index contributed by atoms with van der Waals surface area (Å²) < 4.78 is 10.5. The van der Waals surface area contributed by atoms with E-state index in [1.165, 1.54) is 32.1 Å². The van der Waals surface area contributed by atoms with Crippen LogP contribution in [-0.4, -0.2) is 31.0 Å². The van der Waals surface area contributed by atoms with Gasteiger partial charge in [0.05, 0.1) is 0 Å². The second-order valence-corrected chi connectivity index (χ2v) is 6.57. The Hall–Kier alpha value is -1.75. The molecule has 1 heterocycles. The fourth-order valence-corrected chi connectivity index (χ4v) is 3.49. The Balaban J connectivity index is 1.50. The Morgan fingerprint density at radius 3 is 2.78 bits per heavy atom. The van der Waals surface area contributed by atoms with Gasteiger partial charge >= 0.3 is 0 Å². The van der Waals surface area contributed by atoms with Crippen LogP contribution in [-0.2, 0) is 0 Å². The molecule has 1 atom stereocenters. The lowest BCUT2D eigenvalue weighted by atomic mass is 9.83. The van der Waals surface area contributed by atoms with Gasteiger partial charge in [0.25, 0.3) is 5.91 Å². The van der Waals surface area contributed by atoms with Gasteiger partial charge in [-0.2, -0.15) is 0 Å². The Morgan fingerprint density at radius 2 is 2.00 bits per heavy atom. The molecule has 1 amide bonds. The zero-order valence-corrected chi connectivity index (χ0v) is 13.4. The van der Waals surface area contributed by atoms with E-state index in [1.54, 1.807) is 18.2 Å². The zero-order valence-electron chi connectivity index (χ0n) is 13.4. The third kappa shape index (κ3) is 4.16. The zero-order chi connectivity index (χ0) is 16.1. The number of nitrogens with one attached hydrogen (secondary N) is 1. The molecule has 1 aliphatic heterocycles. The second-order valence-electron chi connectivity index (χ2n) is 6.57. The molecule has 5 nitrogen and oxygen atoms in total. The van der Waals surface area contributed by atoms with Crippen molar-refractivity contribution in [3.8, 4) is 11.5 Å². The topological polar surface area (TPSA) is 67.8 Å². The molecule has 0 spiro atoms. The summed E-state index contributed by atoms with van der Waals surface area (Å²) in [6.45, 7) is 0.840. The normalized spacial score (nSPS) is 18.7. The lowest BCUT2D eigenvalue weighted by molar-refractivity contribution is 0.0932. The molecule has 126 valence electrons. The van der Waals surface area contributed by atoms with E-state index in [-0.39, 0.29) is 25.2 Å². The molecule has 1 aromatic carbocycles. The molecule has 0 radical (unpaired) electrons. The van der Waals surface area contributed by atoms with Crippen LogP contribution in [0.4, 0.5) is 0 Å². The minimum atomic E-state index is -0.134. The fraction of sp³-hybridized carbons (Fsp3) is 0.611. The van der Waals surface area contributed by atoms with E-state index in [0.29, 0.717) is 29.5 Å². The first kappa shape index (κ1) is 16.1. The quantitative estimate of drug-likeness (QED) is 0.846. The van der Waals surface area contributed by atoms with Crippen molar-refractivity contribution in [2.24, 2.45) is 11.8 Å². The summed E-state index contributed by atoms with van der Waals surface area (Å²) in [5.74, 6) is 1.98. The number of fused-ring (bicyclic) bond motifs is 1. The van der Waals surface area contributed by atoms with Gasteiger partial charge in [0, 0.05) is 18.7 Å². The lowest BCUT2D eigenvalue weighted by Gasteiger charge is -2.25. The van der Waals surface area contributed by atoms with Crippen LogP contribution < -0.4 is 14.8 Å². The standard InChI is InChI=1S/C18H25NO4/c20-11-14(8-13-4-2-1-3-5-13)10-19-18(21)15-6-7-16-17(9-15)23-12-22-16/h6-7,9,13-14,20H,1-5,8,10-12H2,(H,19,21)/t14-/m0/s1. The molecule has 3 rings (SSSR count). The molecule has 1 aromatic rings. The molecule has 0 bridgehead atoms. The Morgan fingerprint density at radius 1 is 1.22 bits per heavy atom. The summed E-state index contributed by atoms with van der Waals surface area (Å²) in [4.78, 5) is 12.3. The molecule has 0 unspecified atom stereocenters. The van der Waals surface area contributed by atoms with E-state index < -0.39 is 0 Å². The second kappa shape index (κ2) is 7.68. The minimum Gasteiger partial charge on any atom is -0.454 e. The summed E-state index contributed by atoms with van der Waals surface area (Å²) in [7, 11) is 0. The summed E-state index contributed by atoms with van der Waals surface area (Å²) in [6.07, 6.45) is 7.44. The molecule has 1 aliphatic carbocycles.